The van der Waals surface area contributed by atoms with Crippen LogP contribution in [0.25, 0.3) is 0 Å². The number of aryl methyl sites for hydroxylation is 2. The Labute approximate surface area is 130 Å². The van der Waals surface area contributed by atoms with Gasteiger partial charge < -0.3 is 10.6 Å². The summed E-state index contributed by atoms with van der Waals surface area (Å²) in [5.74, 6) is 0.650. The Kier molecular flexibility index (Phi) is 4.27. The van der Waals surface area contributed by atoms with E-state index in [0.29, 0.717) is 12.0 Å². The molecule has 0 radical (unpaired) electrons. The monoisotopic (exact) mass is 301 g/mol. The Bertz CT molecular complexity index is 620. The number of hydrogen-bond acceptors (Lipinski definition) is 4. The zero-order valence-corrected chi connectivity index (χ0v) is 13.8. The highest BCUT2D eigenvalue weighted by Crippen LogP contribution is 2.26. The predicted octanol–water partition coefficient (Wildman–Crippen LogP) is 3.69. The Hall–Kier alpha value is -1.39. The van der Waals surface area contributed by atoms with Gasteiger partial charge in [-0.25, -0.2) is 4.98 Å². The van der Waals surface area contributed by atoms with Crippen LogP contribution in [-0.4, -0.2) is 18.1 Å². The summed E-state index contributed by atoms with van der Waals surface area (Å²) in [4.78, 5) is 5.89. The molecule has 0 bridgehead atoms. The topological polar surface area (TPSA) is 37.0 Å². The second-order valence-corrected chi connectivity index (χ2v) is 7.16. The lowest BCUT2D eigenvalue weighted by atomic mass is 9.94. The summed E-state index contributed by atoms with van der Waals surface area (Å²) in [7, 11) is 0. The minimum Gasteiger partial charge on any atom is -0.384 e. The highest BCUT2D eigenvalue weighted by Gasteiger charge is 2.19. The van der Waals surface area contributed by atoms with E-state index in [2.05, 4.69) is 60.7 Å². The number of hydrogen-bond donors (Lipinski definition) is 2. The van der Waals surface area contributed by atoms with E-state index in [1.54, 1.807) is 0 Å². The van der Waals surface area contributed by atoms with Crippen LogP contribution >= 0.6 is 11.3 Å². The molecule has 1 aliphatic heterocycles. The van der Waals surface area contributed by atoms with Gasteiger partial charge in [0.15, 0.2) is 0 Å². The summed E-state index contributed by atoms with van der Waals surface area (Å²) in [6.07, 6.45) is 1.16. The smallest absolute Gasteiger partial charge is 0.0900 e. The molecule has 1 aromatic carbocycles. The van der Waals surface area contributed by atoms with Gasteiger partial charge in [-0.1, -0.05) is 18.2 Å². The highest BCUT2D eigenvalue weighted by molar-refractivity contribution is 7.11. The zero-order valence-electron chi connectivity index (χ0n) is 12.9. The first kappa shape index (κ1) is 14.5. The maximum Gasteiger partial charge on any atom is 0.0900 e. The van der Waals surface area contributed by atoms with E-state index in [1.807, 2.05) is 11.3 Å². The number of thiazole rings is 1. The van der Waals surface area contributed by atoms with E-state index in [4.69, 9.17) is 0 Å². The van der Waals surface area contributed by atoms with E-state index >= 15 is 0 Å². The van der Waals surface area contributed by atoms with Gasteiger partial charge in [0, 0.05) is 29.7 Å². The van der Waals surface area contributed by atoms with Crippen molar-refractivity contribution in [3.63, 3.8) is 0 Å². The number of rotatable bonds is 4. The minimum atomic E-state index is 0.383. The summed E-state index contributed by atoms with van der Waals surface area (Å²) in [5, 5.41) is 8.38. The standard InChI is InChI=1S/C17H23N3S/c1-11(17-12(2)20-13(3)21-17)18-9-14-8-15-6-4-5-7-16(15)19-10-14/h4-7,11,14,18-19H,8-10H2,1-3H3. The maximum atomic E-state index is 4.52. The SMILES string of the molecule is Cc1nc(C)c(C(C)NCC2CNc3ccccc3C2)s1. The summed E-state index contributed by atoms with van der Waals surface area (Å²) in [6, 6.07) is 9.01. The molecule has 0 fully saturated rings. The van der Waals surface area contributed by atoms with E-state index in [0.717, 1.165) is 24.5 Å². The van der Waals surface area contributed by atoms with Crippen LogP contribution in [-0.2, 0) is 6.42 Å². The summed E-state index contributed by atoms with van der Waals surface area (Å²) >= 11 is 1.81. The Morgan fingerprint density at radius 2 is 2.19 bits per heavy atom. The molecular weight excluding hydrogens is 278 g/mol. The van der Waals surface area contributed by atoms with Gasteiger partial charge in [-0.3, -0.25) is 0 Å². The molecule has 0 saturated heterocycles. The molecule has 1 aliphatic rings. The number of anilines is 1. The van der Waals surface area contributed by atoms with Gasteiger partial charge >= 0.3 is 0 Å². The van der Waals surface area contributed by atoms with E-state index in [1.165, 1.54) is 21.8 Å². The third kappa shape index (κ3) is 3.27. The fraction of sp³-hybridized carbons (Fsp3) is 0.471. The van der Waals surface area contributed by atoms with Crippen molar-refractivity contribution in [2.45, 2.75) is 33.2 Å². The van der Waals surface area contributed by atoms with Gasteiger partial charge in [-0.2, -0.15) is 0 Å². The highest BCUT2D eigenvalue weighted by atomic mass is 32.1. The van der Waals surface area contributed by atoms with Crippen LogP contribution in [0.15, 0.2) is 24.3 Å². The van der Waals surface area contributed by atoms with Crippen molar-refractivity contribution < 1.29 is 0 Å². The van der Waals surface area contributed by atoms with Crippen LogP contribution in [0, 0.1) is 19.8 Å². The first-order chi connectivity index (χ1) is 10.1. The predicted molar refractivity (Wildman–Crippen MR) is 90.1 cm³/mol. The lowest BCUT2D eigenvalue weighted by Gasteiger charge is -2.27. The first-order valence-corrected chi connectivity index (χ1v) is 8.44. The lowest BCUT2D eigenvalue weighted by molar-refractivity contribution is 0.451. The molecule has 2 atom stereocenters. The van der Waals surface area contributed by atoms with E-state index in [-0.39, 0.29) is 0 Å². The molecule has 1 aromatic heterocycles. The zero-order chi connectivity index (χ0) is 14.8. The first-order valence-electron chi connectivity index (χ1n) is 7.62. The number of fused-ring (bicyclic) bond motifs is 1. The average Bonchev–Trinajstić information content (AvgIpc) is 2.83. The summed E-state index contributed by atoms with van der Waals surface area (Å²) < 4.78 is 0. The molecular formula is C17H23N3S. The van der Waals surface area contributed by atoms with Crippen molar-refractivity contribution in [1.82, 2.24) is 10.3 Å². The van der Waals surface area contributed by atoms with E-state index < -0.39 is 0 Å². The van der Waals surface area contributed by atoms with Crippen molar-refractivity contribution in [2.24, 2.45) is 5.92 Å². The molecule has 2 aromatic rings. The van der Waals surface area contributed by atoms with Crippen LogP contribution < -0.4 is 10.6 Å². The van der Waals surface area contributed by atoms with Crippen molar-refractivity contribution >= 4 is 17.0 Å². The number of benzene rings is 1. The lowest BCUT2D eigenvalue weighted by Crippen LogP contribution is -2.33. The molecule has 0 amide bonds. The summed E-state index contributed by atoms with van der Waals surface area (Å²) in [5.41, 5.74) is 3.91. The average molecular weight is 301 g/mol. The fourth-order valence-electron chi connectivity index (χ4n) is 3.04. The number of nitrogens with one attached hydrogen (secondary N) is 2. The molecule has 0 spiro atoms. The van der Waals surface area contributed by atoms with Crippen molar-refractivity contribution in [2.75, 3.05) is 18.4 Å². The molecule has 3 nitrogen and oxygen atoms in total. The van der Waals surface area contributed by atoms with Gasteiger partial charge in [0.05, 0.1) is 10.7 Å². The Morgan fingerprint density at radius 1 is 1.38 bits per heavy atom. The van der Waals surface area contributed by atoms with Crippen LogP contribution in [0.5, 0.6) is 0 Å². The van der Waals surface area contributed by atoms with Gasteiger partial charge in [0.1, 0.15) is 0 Å². The molecule has 2 heterocycles. The second-order valence-electron chi connectivity index (χ2n) is 5.92. The van der Waals surface area contributed by atoms with Gasteiger partial charge in [0.2, 0.25) is 0 Å². The van der Waals surface area contributed by atoms with E-state index in [9.17, 15) is 0 Å². The Balaban J connectivity index is 1.58. The molecule has 0 saturated carbocycles. The van der Waals surface area contributed by atoms with Crippen LogP contribution in [0.1, 0.15) is 34.1 Å². The van der Waals surface area contributed by atoms with Crippen molar-refractivity contribution in [3.05, 3.63) is 45.4 Å². The van der Waals surface area contributed by atoms with Crippen LogP contribution in [0.3, 0.4) is 0 Å². The molecule has 112 valence electrons. The number of para-hydroxylation sites is 1. The van der Waals surface area contributed by atoms with Gasteiger partial charge in [-0.15, -0.1) is 11.3 Å². The van der Waals surface area contributed by atoms with Gasteiger partial charge in [-0.05, 0) is 44.7 Å². The van der Waals surface area contributed by atoms with Crippen LogP contribution in [0.2, 0.25) is 0 Å². The molecule has 4 heteroatoms. The molecule has 21 heavy (non-hydrogen) atoms. The van der Waals surface area contributed by atoms with Crippen LogP contribution in [0.4, 0.5) is 5.69 Å². The largest absolute Gasteiger partial charge is 0.384 e. The van der Waals surface area contributed by atoms with Crippen molar-refractivity contribution in [1.29, 1.82) is 0 Å². The molecule has 3 rings (SSSR count). The van der Waals surface area contributed by atoms with Gasteiger partial charge in [0.25, 0.3) is 0 Å². The summed E-state index contributed by atoms with van der Waals surface area (Å²) in [6.45, 7) is 8.52. The third-order valence-corrected chi connectivity index (χ3v) is 5.41. The van der Waals surface area contributed by atoms with Crippen molar-refractivity contribution in [3.8, 4) is 0 Å². The minimum absolute atomic E-state index is 0.383. The number of nitrogens with zero attached hydrogens (tertiary/aromatic N) is 1. The molecule has 0 aliphatic carbocycles. The third-order valence-electron chi connectivity index (χ3n) is 4.15. The molecule has 2 N–H and O–H groups in total. The fourth-order valence-corrected chi connectivity index (χ4v) is 3.99. The molecule has 2 unspecified atom stereocenters. The Morgan fingerprint density at radius 3 is 2.95 bits per heavy atom. The maximum absolute atomic E-state index is 4.52. The number of aromatic nitrogens is 1. The quantitative estimate of drug-likeness (QED) is 0.904. The normalized spacial score (nSPS) is 18.9. The second kappa shape index (κ2) is 6.16.